The van der Waals surface area contributed by atoms with Gasteiger partial charge in [-0.25, -0.2) is 0 Å². The number of methoxy groups -OCH3 is 2. The van der Waals surface area contributed by atoms with E-state index in [9.17, 15) is 24.3 Å². The Morgan fingerprint density at radius 2 is 1.47 bits per heavy atom. The van der Waals surface area contributed by atoms with Crippen molar-refractivity contribution in [1.82, 2.24) is 9.80 Å². The van der Waals surface area contributed by atoms with Gasteiger partial charge in [-0.05, 0) is 40.3 Å². The minimum absolute atomic E-state index is 0.000315. The minimum Gasteiger partial charge on any atom is -0.492 e. The summed E-state index contributed by atoms with van der Waals surface area (Å²) in [6, 6.07) is -1.82. The third-order valence-corrected chi connectivity index (χ3v) is 7.76. The second-order valence-electron chi connectivity index (χ2n) is 9.26. The van der Waals surface area contributed by atoms with E-state index in [1.807, 2.05) is 4.90 Å². The largest absolute Gasteiger partial charge is 0.492 e. The van der Waals surface area contributed by atoms with Gasteiger partial charge in [0, 0.05) is 39.1 Å². The number of piperazine rings is 1. The number of rotatable bonds is 2. The SMILES string of the molecule is COC1=C(C)C(=O)C2=C(C1=O)[C@@H]1C3=CC4=C(C(=O)C(OC)=C(C)C4=O)[C@H](C)N3[C@@H](O)[C@H](C2)N1C. The average molecular weight is 466 g/mol. The molecule has 34 heavy (non-hydrogen) atoms. The molecule has 2 aliphatic carbocycles. The molecule has 1 saturated heterocycles. The van der Waals surface area contributed by atoms with E-state index in [4.69, 9.17) is 9.47 Å². The molecule has 1 N–H and O–H groups in total. The molecule has 0 aromatic heterocycles. The van der Waals surface area contributed by atoms with Gasteiger partial charge in [-0.15, -0.1) is 0 Å². The number of nitrogens with zero attached hydrogens (tertiary/aromatic N) is 2. The smallest absolute Gasteiger partial charge is 0.226 e. The van der Waals surface area contributed by atoms with Crippen molar-refractivity contribution in [3.8, 4) is 0 Å². The van der Waals surface area contributed by atoms with Crippen molar-refractivity contribution >= 4 is 23.1 Å². The lowest BCUT2D eigenvalue weighted by atomic mass is 9.72. The van der Waals surface area contributed by atoms with Crippen molar-refractivity contribution in [2.45, 2.75) is 51.5 Å². The highest BCUT2D eigenvalue weighted by Gasteiger charge is 2.55. The highest BCUT2D eigenvalue weighted by molar-refractivity contribution is 6.27. The number of carbonyl (C=O) groups excluding carboxylic acids is 4. The maximum Gasteiger partial charge on any atom is 0.226 e. The van der Waals surface area contributed by atoms with Crippen LogP contribution < -0.4 is 0 Å². The standard InChI is InChI=1S/C25H26N2O7/c1-9-19(28)12-7-14-18-17-13(20(29)10(2)24(34-6)22(17)31)8-15(26(18)4)25(32)27(14)11(3)16(12)21(30)23(9)33-5/h7,11,15,18,25,32H,8H2,1-6H3/t11-,15-,18-,25-/m0/s1. The summed E-state index contributed by atoms with van der Waals surface area (Å²) in [4.78, 5) is 56.6. The van der Waals surface area contributed by atoms with Gasteiger partial charge < -0.3 is 19.5 Å². The van der Waals surface area contributed by atoms with Gasteiger partial charge in [-0.3, -0.25) is 24.1 Å². The first-order valence-electron chi connectivity index (χ1n) is 11.1. The van der Waals surface area contributed by atoms with Gasteiger partial charge >= 0.3 is 0 Å². The monoisotopic (exact) mass is 466 g/mol. The van der Waals surface area contributed by atoms with Gasteiger partial charge in [0.2, 0.25) is 11.6 Å². The quantitative estimate of drug-likeness (QED) is 0.588. The molecule has 178 valence electrons. The van der Waals surface area contributed by atoms with E-state index in [0.29, 0.717) is 16.8 Å². The van der Waals surface area contributed by atoms with Crippen LogP contribution in [-0.2, 0) is 28.7 Å². The van der Waals surface area contributed by atoms with Crippen LogP contribution in [0.1, 0.15) is 27.2 Å². The van der Waals surface area contributed by atoms with Crippen LogP contribution in [0.5, 0.6) is 0 Å². The van der Waals surface area contributed by atoms with Gasteiger partial charge in [0.25, 0.3) is 0 Å². The maximum atomic E-state index is 13.5. The molecule has 2 bridgehead atoms. The van der Waals surface area contributed by atoms with Gasteiger partial charge in [-0.1, -0.05) is 0 Å². The molecule has 0 aromatic carbocycles. The maximum absolute atomic E-state index is 13.5. The van der Waals surface area contributed by atoms with Crippen LogP contribution in [0, 0.1) is 0 Å². The molecule has 4 atom stereocenters. The molecule has 3 heterocycles. The summed E-state index contributed by atoms with van der Waals surface area (Å²) in [5, 5.41) is 11.4. The van der Waals surface area contributed by atoms with Crippen molar-refractivity contribution in [2.24, 2.45) is 0 Å². The Labute approximate surface area is 196 Å². The molecule has 0 aromatic rings. The summed E-state index contributed by atoms with van der Waals surface area (Å²) < 4.78 is 10.5. The van der Waals surface area contributed by atoms with E-state index in [-0.39, 0.29) is 57.6 Å². The second kappa shape index (κ2) is 7.35. The van der Waals surface area contributed by atoms with Crippen LogP contribution in [0.2, 0.25) is 0 Å². The molecule has 1 fully saturated rings. The molecular weight excluding hydrogens is 440 g/mol. The number of hydrogen-bond donors (Lipinski definition) is 1. The summed E-state index contributed by atoms with van der Waals surface area (Å²) in [6.45, 7) is 4.85. The van der Waals surface area contributed by atoms with Crippen molar-refractivity contribution in [3.63, 3.8) is 0 Å². The Bertz CT molecular complexity index is 1260. The zero-order chi connectivity index (χ0) is 24.8. The Morgan fingerprint density at radius 3 is 2.06 bits per heavy atom. The van der Waals surface area contributed by atoms with Crippen LogP contribution in [0.3, 0.4) is 0 Å². The van der Waals surface area contributed by atoms with E-state index in [0.717, 1.165) is 0 Å². The van der Waals surface area contributed by atoms with Crippen LogP contribution in [0.15, 0.2) is 56.7 Å². The van der Waals surface area contributed by atoms with Crippen LogP contribution in [0.4, 0.5) is 0 Å². The fourth-order valence-electron chi connectivity index (χ4n) is 6.06. The van der Waals surface area contributed by atoms with E-state index >= 15 is 0 Å². The van der Waals surface area contributed by atoms with E-state index in [1.165, 1.54) is 14.2 Å². The molecular formula is C25H26N2O7. The predicted octanol–water partition coefficient (Wildman–Crippen LogP) is 0.717. The van der Waals surface area contributed by atoms with E-state index < -0.39 is 30.1 Å². The summed E-state index contributed by atoms with van der Waals surface area (Å²) >= 11 is 0. The van der Waals surface area contributed by atoms with E-state index in [2.05, 4.69) is 0 Å². The predicted molar refractivity (Wildman–Crippen MR) is 119 cm³/mol. The summed E-state index contributed by atoms with van der Waals surface area (Å²) in [5.74, 6) is -1.37. The highest BCUT2D eigenvalue weighted by atomic mass is 16.5. The second-order valence-corrected chi connectivity index (χ2v) is 9.26. The first kappa shape index (κ1) is 22.5. The zero-order valence-electron chi connectivity index (χ0n) is 19.9. The molecule has 0 amide bonds. The lowest BCUT2D eigenvalue weighted by Crippen LogP contribution is -2.67. The summed E-state index contributed by atoms with van der Waals surface area (Å²) in [7, 11) is 4.49. The number of ether oxygens (including phenoxy) is 2. The Hall–Kier alpha value is -3.30. The molecule has 3 aliphatic heterocycles. The average Bonchev–Trinajstić information content (AvgIpc) is 2.79. The van der Waals surface area contributed by atoms with Crippen molar-refractivity contribution in [2.75, 3.05) is 21.3 Å². The molecule has 9 nitrogen and oxygen atoms in total. The van der Waals surface area contributed by atoms with Crippen LogP contribution in [0.25, 0.3) is 0 Å². The Kier molecular flexibility index (Phi) is 4.86. The van der Waals surface area contributed by atoms with Gasteiger partial charge in [0.15, 0.2) is 23.1 Å². The van der Waals surface area contributed by atoms with Crippen molar-refractivity contribution in [1.29, 1.82) is 0 Å². The lowest BCUT2D eigenvalue weighted by Gasteiger charge is -2.57. The number of likely N-dealkylation sites (N-methyl/N-ethyl adjacent to an activating group) is 1. The van der Waals surface area contributed by atoms with Crippen LogP contribution >= 0.6 is 0 Å². The fourth-order valence-corrected chi connectivity index (χ4v) is 6.06. The number of hydrogen-bond acceptors (Lipinski definition) is 9. The normalized spacial score (nSPS) is 31.6. The number of aliphatic hydroxyl groups excluding tert-OH is 1. The molecule has 0 radical (unpaired) electrons. The number of aliphatic hydroxyl groups is 1. The first-order valence-corrected chi connectivity index (χ1v) is 11.1. The zero-order valence-corrected chi connectivity index (χ0v) is 19.9. The van der Waals surface area contributed by atoms with Gasteiger partial charge in [0.1, 0.15) is 6.23 Å². The fraction of sp³-hybridized carbons (Fsp3) is 0.440. The molecule has 5 aliphatic rings. The van der Waals surface area contributed by atoms with E-state index in [1.54, 1.807) is 38.8 Å². The molecule has 5 rings (SSSR count). The van der Waals surface area contributed by atoms with Crippen molar-refractivity contribution < 1.29 is 33.8 Å². The molecule has 0 unspecified atom stereocenters. The summed E-state index contributed by atoms with van der Waals surface area (Å²) in [5.41, 5.74) is 2.10. The van der Waals surface area contributed by atoms with Crippen molar-refractivity contribution in [3.05, 3.63) is 56.7 Å². The number of fused-ring (bicyclic) bond motifs is 5. The molecule has 0 spiro atoms. The molecule has 0 saturated carbocycles. The number of allylic oxidation sites excluding steroid dienone is 6. The van der Waals surface area contributed by atoms with Gasteiger partial charge in [-0.2, -0.15) is 0 Å². The number of ketones is 4. The number of Topliss-reactive ketones (excluding diaryl/α,β-unsaturated/α-hetero) is 4. The Morgan fingerprint density at radius 1 is 0.912 bits per heavy atom. The minimum atomic E-state index is -1.07. The third-order valence-electron chi connectivity index (χ3n) is 7.76. The topological polar surface area (TPSA) is 113 Å². The number of carbonyl (C=O) groups is 4. The van der Waals surface area contributed by atoms with Gasteiger partial charge in [0.05, 0.1) is 32.3 Å². The lowest BCUT2D eigenvalue weighted by molar-refractivity contribution is -0.127. The third kappa shape index (κ3) is 2.56. The van der Waals surface area contributed by atoms with Crippen LogP contribution in [-0.4, -0.2) is 83.7 Å². The first-order chi connectivity index (χ1) is 16.1. The highest BCUT2D eigenvalue weighted by Crippen LogP contribution is 2.48. The Balaban J connectivity index is 1.73. The summed E-state index contributed by atoms with van der Waals surface area (Å²) in [6.07, 6.45) is 0.694. The molecule has 9 heteroatoms.